The summed E-state index contributed by atoms with van der Waals surface area (Å²) in [4.78, 5) is 6.57. The topological polar surface area (TPSA) is 63.4 Å². The van der Waals surface area contributed by atoms with E-state index in [0.717, 1.165) is 18.8 Å². The predicted octanol–water partition coefficient (Wildman–Crippen LogP) is 2.34. The smallest absolute Gasteiger partial charge is 0.246 e. The van der Waals surface area contributed by atoms with Crippen molar-refractivity contribution < 1.29 is 9.26 Å². The maximum atomic E-state index is 5.93. The fourth-order valence-corrected chi connectivity index (χ4v) is 2.37. The van der Waals surface area contributed by atoms with Crippen molar-refractivity contribution in [3.8, 4) is 0 Å². The number of nitrogens with one attached hydrogen (secondary N) is 1. The molecule has 0 spiro atoms. The monoisotopic (exact) mass is 308 g/mol. The normalized spacial score (nSPS) is 19.6. The standard InChI is InChI=1S/C14H17ClN4O2/c1-19-5-6-20-12(9-19)14-17-13(21-18-14)8-16-11-4-2-3-10(15)7-11/h2-4,7,12,16H,5-6,8-9H2,1H3. The van der Waals surface area contributed by atoms with Crippen LogP contribution in [0.25, 0.3) is 0 Å². The van der Waals surface area contributed by atoms with Gasteiger partial charge in [0, 0.05) is 23.8 Å². The molecule has 1 aromatic carbocycles. The Labute approximate surface area is 128 Å². The third-order valence-electron chi connectivity index (χ3n) is 3.31. The first-order valence-corrected chi connectivity index (χ1v) is 7.20. The van der Waals surface area contributed by atoms with Gasteiger partial charge < -0.3 is 19.5 Å². The summed E-state index contributed by atoms with van der Waals surface area (Å²) in [6.07, 6.45) is -0.118. The molecule has 1 atom stereocenters. The quantitative estimate of drug-likeness (QED) is 0.935. The predicted molar refractivity (Wildman–Crippen MR) is 79.3 cm³/mol. The van der Waals surface area contributed by atoms with Crippen LogP contribution in [0.3, 0.4) is 0 Å². The number of ether oxygens (including phenoxy) is 1. The molecule has 2 heterocycles. The average molecular weight is 309 g/mol. The first kappa shape index (κ1) is 14.3. The molecule has 1 aliphatic rings. The molecule has 0 saturated carbocycles. The molecule has 1 aliphatic heterocycles. The number of benzene rings is 1. The van der Waals surface area contributed by atoms with Gasteiger partial charge in [0.1, 0.15) is 6.10 Å². The van der Waals surface area contributed by atoms with Crippen LogP contribution < -0.4 is 5.32 Å². The SMILES string of the molecule is CN1CCOC(c2noc(CNc3cccc(Cl)c3)n2)C1. The lowest BCUT2D eigenvalue weighted by molar-refractivity contribution is -0.0264. The zero-order valence-corrected chi connectivity index (χ0v) is 12.5. The van der Waals surface area contributed by atoms with E-state index in [4.69, 9.17) is 20.9 Å². The minimum Gasteiger partial charge on any atom is -0.376 e. The summed E-state index contributed by atoms with van der Waals surface area (Å²) >= 11 is 5.93. The molecular formula is C14H17ClN4O2. The number of halogens is 1. The van der Waals surface area contributed by atoms with Gasteiger partial charge in [-0.2, -0.15) is 4.98 Å². The zero-order chi connectivity index (χ0) is 14.7. The zero-order valence-electron chi connectivity index (χ0n) is 11.8. The van der Waals surface area contributed by atoms with Gasteiger partial charge in [0.15, 0.2) is 0 Å². The van der Waals surface area contributed by atoms with Gasteiger partial charge in [-0.25, -0.2) is 0 Å². The molecule has 6 nitrogen and oxygen atoms in total. The summed E-state index contributed by atoms with van der Waals surface area (Å²) in [6.45, 7) is 2.85. The van der Waals surface area contributed by atoms with Gasteiger partial charge in [-0.05, 0) is 25.2 Å². The molecule has 2 aromatic rings. The van der Waals surface area contributed by atoms with E-state index in [1.165, 1.54) is 0 Å². The maximum Gasteiger partial charge on any atom is 0.246 e. The lowest BCUT2D eigenvalue weighted by atomic mass is 10.3. The van der Waals surface area contributed by atoms with Crippen molar-refractivity contribution in [2.45, 2.75) is 12.6 Å². The molecule has 1 fully saturated rings. The fraction of sp³-hybridized carbons (Fsp3) is 0.429. The third-order valence-corrected chi connectivity index (χ3v) is 3.54. The molecule has 0 bridgehead atoms. The molecule has 0 aliphatic carbocycles. The molecule has 21 heavy (non-hydrogen) atoms. The molecule has 7 heteroatoms. The maximum absolute atomic E-state index is 5.93. The number of aromatic nitrogens is 2. The Morgan fingerprint density at radius 2 is 2.38 bits per heavy atom. The van der Waals surface area contributed by atoms with Crippen LogP contribution in [-0.4, -0.2) is 41.8 Å². The van der Waals surface area contributed by atoms with Gasteiger partial charge in [0.05, 0.1) is 13.2 Å². The number of morpholine rings is 1. The lowest BCUT2D eigenvalue weighted by Crippen LogP contribution is -2.35. The molecule has 0 amide bonds. The molecule has 3 rings (SSSR count). The second-order valence-corrected chi connectivity index (χ2v) is 5.47. The highest BCUT2D eigenvalue weighted by molar-refractivity contribution is 6.30. The molecule has 1 unspecified atom stereocenters. The number of nitrogens with zero attached hydrogens (tertiary/aromatic N) is 3. The molecule has 1 aromatic heterocycles. The van der Waals surface area contributed by atoms with Crippen molar-refractivity contribution in [3.63, 3.8) is 0 Å². The van der Waals surface area contributed by atoms with Crippen LogP contribution in [0.4, 0.5) is 5.69 Å². The number of hydrogen-bond donors (Lipinski definition) is 1. The molecule has 112 valence electrons. The van der Waals surface area contributed by atoms with E-state index < -0.39 is 0 Å². The van der Waals surface area contributed by atoms with Gasteiger partial charge in [-0.3, -0.25) is 0 Å². The Morgan fingerprint density at radius 1 is 1.48 bits per heavy atom. The minimum atomic E-state index is -0.118. The van der Waals surface area contributed by atoms with Crippen molar-refractivity contribution >= 4 is 17.3 Å². The van der Waals surface area contributed by atoms with E-state index in [-0.39, 0.29) is 6.10 Å². The van der Waals surface area contributed by atoms with Crippen molar-refractivity contribution in [2.75, 3.05) is 32.1 Å². The van der Waals surface area contributed by atoms with Crippen LogP contribution in [0.2, 0.25) is 5.02 Å². The summed E-state index contributed by atoms with van der Waals surface area (Å²) in [5.74, 6) is 1.13. The molecule has 1 N–H and O–H groups in total. The Morgan fingerprint density at radius 3 is 3.19 bits per heavy atom. The highest BCUT2D eigenvalue weighted by Gasteiger charge is 2.24. The van der Waals surface area contributed by atoms with E-state index in [1.807, 2.05) is 24.3 Å². The second kappa shape index (κ2) is 6.43. The van der Waals surface area contributed by atoms with Gasteiger partial charge in [0.2, 0.25) is 11.7 Å². The Balaban J connectivity index is 1.60. The largest absolute Gasteiger partial charge is 0.376 e. The van der Waals surface area contributed by atoms with E-state index >= 15 is 0 Å². The lowest BCUT2D eigenvalue weighted by Gasteiger charge is -2.27. The van der Waals surface area contributed by atoms with Crippen molar-refractivity contribution in [3.05, 3.63) is 41.0 Å². The highest BCUT2D eigenvalue weighted by Crippen LogP contribution is 2.19. The number of hydrogen-bond acceptors (Lipinski definition) is 6. The molecule has 1 saturated heterocycles. The van der Waals surface area contributed by atoms with Crippen molar-refractivity contribution in [1.29, 1.82) is 0 Å². The molecular weight excluding hydrogens is 292 g/mol. The van der Waals surface area contributed by atoms with Crippen LogP contribution in [0.5, 0.6) is 0 Å². The summed E-state index contributed by atoms with van der Waals surface area (Å²) in [7, 11) is 2.05. The van der Waals surface area contributed by atoms with E-state index in [2.05, 4.69) is 27.4 Å². The Bertz CT molecular complexity index is 604. The highest BCUT2D eigenvalue weighted by atomic mass is 35.5. The van der Waals surface area contributed by atoms with E-state index in [0.29, 0.717) is 29.9 Å². The fourth-order valence-electron chi connectivity index (χ4n) is 2.18. The minimum absolute atomic E-state index is 0.118. The third kappa shape index (κ3) is 3.72. The van der Waals surface area contributed by atoms with Gasteiger partial charge >= 0.3 is 0 Å². The van der Waals surface area contributed by atoms with Crippen LogP contribution in [0, 0.1) is 0 Å². The first-order valence-electron chi connectivity index (χ1n) is 6.83. The van der Waals surface area contributed by atoms with E-state index in [9.17, 15) is 0 Å². The van der Waals surface area contributed by atoms with Crippen LogP contribution in [-0.2, 0) is 11.3 Å². The van der Waals surface area contributed by atoms with Gasteiger partial charge in [0.25, 0.3) is 0 Å². The van der Waals surface area contributed by atoms with Gasteiger partial charge in [-0.1, -0.05) is 22.8 Å². The Hall–Kier alpha value is -1.63. The summed E-state index contributed by atoms with van der Waals surface area (Å²) in [6, 6.07) is 7.49. The van der Waals surface area contributed by atoms with Gasteiger partial charge in [-0.15, -0.1) is 0 Å². The van der Waals surface area contributed by atoms with Crippen LogP contribution in [0.15, 0.2) is 28.8 Å². The Kier molecular flexibility index (Phi) is 4.38. The summed E-state index contributed by atoms with van der Waals surface area (Å²) in [5.41, 5.74) is 0.913. The average Bonchev–Trinajstić information content (AvgIpc) is 2.94. The molecule has 0 radical (unpaired) electrons. The summed E-state index contributed by atoms with van der Waals surface area (Å²) < 4.78 is 10.9. The first-order chi connectivity index (χ1) is 10.2. The second-order valence-electron chi connectivity index (χ2n) is 5.03. The number of rotatable bonds is 4. The van der Waals surface area contributed by atoms with Crippen LogP contribution >= 0.6 is 11.6 Å². The van der Waals surface area contributed by atoms with Crippen molar-refractivity contribution in [2.24, 2.45) is 0 Å². The number of likely N-dealkylation sites (N-methyl/N-ethyl adjacent to an activating group) is 1. The van der Waals surface area contributed by atoms with E-state index in [1.54, 1.807) is 0 Å². The summed E-state index contributed by atoms with van der Waals surface area (Å²) in [5, 5.41) is 7.88. The van der Waals surface area contributed by atoms with Crippen LogP contribution in [0.1, 0.15) is 17.8 Å². The van der Waals surface area contributed by atoms with Crippen molar-refractivity contribution in [1.82, 2.24) is 15.0 Å². The number of anilines is 1.